The van der Waals surface area contributed by atoms with E-state index >= 15 is 0 Å². The van der Waals surface area contributed by atoms with Crippen molar-refractivity contribution in [2.75, 3.05) is 0 Å². The van der Waals surface area contributed by atoms with Crippen molar-refractivity contribution in [2.45, 2.75) is 32.6 Å². The molecule has 0 radical (unpaired) electrons. The number of rotatable bonds is 3. The van der Waals surface area contributed by atoms with E-state index in [9.17, 15) is 4.79 Å². The van der Waals surface area contributed by atoms with Gasteiger partial charge in [-0.2, -0.15) is 0 Å². The van der Waals surface area contributed by atoms with Gasteiger partial charge in [0.1, 0.15) is 5.78 Å². The molecule has 0 N–H and O–H groups in total. The zero-order valence-corrected chi connectivity index (χ0v) is 10.2. The number of halogens is 1. The zero-order chi connectivity index (χ0) is 11.5. The Morgan fingerprint density at radius 3 is 3.00 bits per heavy atom. The maximum atomic E-state index is 12.1. The summed E-state index contributed by atoms with van der Waals surface area (Å²) in [7, 11) is 0. The molecule has 1 aromatic rings. The van der Waals surface area contributed by atoms with E-state index in [2.05, 4.69) is 11.9 Å². The van der Waals surface area contributed by atoms with E-state index in [4.69, 9.17) is 11.6 Å². The van der Waals surface area contributed by atoms with E-state index in [1.165, 1.54) is 12.8 Å². The van der Waals surface area contributed by atoms with Gasteiger partial charge >= 0.3 is 0 Å². The number of Topliss-reactive ketones (excluding diaryl/α,β-unsaturated/α-hetero) is 1. The minimum absolute atomic E-state index is 0.240. The summed E-state index contributed by atoms with van der Waals surface area (Å²) in [6.45, 7) is 2.17. The maximum Gasteiger partial charge on any atom is 0.140 e. The molecule has 3 heteroatoms. The van der Waals surface area contributed by atoms with Crippen LogP contribution in [0, 0.1) is 11.8 Å². The molecular weight excluding hydrogens is 222 g/mol. The maximum absolute atomic E-state index is 12.1. The monoisotopic (exact) mass is 237 g/mol. The lowest BCUT2D eigenvalue weighted by molar-refractivity contribution is -0.123. The van der Waals surface area contributed by atoms with Gasteiger partial charge in [-0.25, -0.2) is 0 Å². The third kappa shape index (κ3) is 2.43. The normalized spacial score (nSPS) is 24.6. The van der Waals surface area contributed by atoms with Crippen molar-refractivity contribution in [1.82, 2.24) is 4.98 Å². The molecule has 0 amide bonds. The number of pyridine rings is 1. The van der Waals surface area contributed by atoms with Gasteiger partial charge < -0.3 is 0 Å². The predicted octanol–water partition coefficient (Wildman–Crippen LogP) is 3.28. The van der Waals surface area contributed by atoms with Crippen molar-refractivity contribution < 1.29 is 4.79 Å². The van der Waals surface area contributed by atoms with Gasteiger partial charge in [-0.15, -0.1) is 0 Å². The summed E-state index contributed by atoms with van der Waals surface area (Å²) in [6.07, 6.45) is 7.15. The fourth-order valence-electron chi connectivity index (χ4n) is 2.49. The van der Waals surface area contributed by atoms with Crippen LogP contribution >= 0.6 is 11.6 Å². The number of aromatic nitrogens is 1. The SMILES string of the molecule is CC1CCCC1C(=O)Cc1ccncc1Cl. The van der Waals surface area contributed by atoms with E-state index in [1.807, 2.05) is 6.07 Å². The van der Waals surface area contributed by atoms with Gasteiger partial charge in [-0.05, 0) is 30.4 Å². The largest absolute Gasteiger partial charge is 0.299 e. The molecular formula is C13H16ClNO. The van der Waals surface area contributed by atoms with Gasteiger partial charge in [0.15, 0.2) is 0 Å². The van der Waals surface area contributed by atoms with Crippen molar-refractivity contribution in [3.8, 4) is 0 Å². The van der Waals surface area contributed by atoms with Gasteiger partial charge in [0.2, 0.25) is 0 Å². The summed E-state index contributed by atoms with van der Waals surface area (Å²) >= 11 is 6.00. The molecule has 16 heavy (non-hydrogen) atoms. The van der Waals surface area contributed by atoms with Gasteiger partial charge in [0, 0.05) is 24.7 Å². The molecule has 1 aliphatic carbocycles. The van der Waals surface area contributed by atoms with Crippen LogP contribution in [-0.2, 0) is 11.2 Å². The molecule has 0 aromatic carbocycles. The van der Waals surface area contributed by atoms with Crippen molar-refractivity contribution >= 4 is 17.4 Å². The van der Waals surface area contributed by atoms with E-state index < -0.39 is 0 Å². The second-order valence-corrected chi connectivity index (χ2v) is 5.03. The minimum Gasteiger partial charge on any atom is -0.299 e. The fraction of sp³-hybridized carbons (Fsp3) is 0.538. The molecule has 2 atom stereocenters. The van der Waals surface area contributed by atoms with Crippen LogP contribution in [0.3, 0.4) is 0 Å². The number of ketones is 1. The molecule has 1 aromatic heterocycles. The molecule has 1 heterocycles. The van der Waals surface area contributed by atoms with Crippen LogP contribution in [-0.4, -0.2) is 10.8 Å². The van der Waals surface area contributed by atoms with E-state index in [-0.39, 0.29) is 5.92 Å². The summed E-state index contributed by atoms with van der Waals surface area (Å²) in [6, 6.07) is 1.83. The van der Waals surface area contributed by atoms with Crippen LogP contribution in [0.2, 0.25) is 5.02 Å². The molecule has 1 aliphatic rings. The number of nitrogens with zero attached hydrogens (tertiary/aromatic N) is 1. The number of hydrogen-bond acceptors (Lipinski definition) is 2. The molecule has 0 saturated heterocycles. The van der Waals surface area contributed by atoms with E-state index in [0.29, 0.717) is 23.1 Å². The van der Waals surface area contributed by atoms with Gasteiger partial charge in [-0.3, -0.25) is 9.78 Å². The van der Waals surface area contributed by atoms with Crippen LogP contribution in [0.25, 0.3) is 0 Å². The molecule has 86 valence electrons. The highest BCUT2D eigenvalue weighted by Gasteiger charge is 2.29. The quantitative estimate of drug-likeness (QED) is 0.808. The standard InChI is InChI=1S/C13H16ClNO/c1-9-3-2-4-11(9)13(16)7-10-5-6-15-8-12(10)14/h5-6,8-9,11H,2-4,7H2,1H3. The first kappa shape index (κ1) is 11.6. The summed E-state index contributed by atoms with van der Waals surface area (Å²) < 4.78 is 0. The average molecular weight is 238 g/mol. The zero-order valence-electron chi connectivity index (χ0n) is 9.45. The predicted molar refractivity (Wildman–Crippen MR) is 64.5 cm³/mol. The van der Waals surface area contributed by atoms with E-state index in [1.54, 1.807) is 12.4 Å². The molecule has 0 aliphatic heterocycles. The van der Waals surface area contributed by atoms with Crippen molar-refractivity contribution in [2.24, 2.45) is 11.8 Å². The summed E-state index contributed by atoms with van der Waals surface area (Å²) in [5.41, 5.74) is 0.903. The second-order valence-electron chi connectivity index (χ2n) is 4.62. The molecule has 2 unspecified atom stereocenters. The topological polar surface area (TPSA) is 30.0 Å². The van der Waals surface area contributed by atoms with E-state index in [0.717, 1.165) is 12.0 Å². The van der Waals surface area contributed by atoms with Gasteiger partial charge in [-0.1, -0.05) is 24.9 Å². The summed E-state index contributed by atoms with van der Waals surface area (Å²) in [4.78, 5) is 16.0. The Hall–Kier alpha value is -0.890. The third-order valence-electron chi connectivity index (χ3n) is 3.50. The Morgan fingerprint density at radius 2 is 2.38 bits per heavy atom. The first-order valence-corrected chi connectivity index (χ1v) is 6.17. The smallest absolute Gasteiger partial charge is 0.140 e. The van der Waals surface area contributed by atoms with Crippen LogP contribution in [0.4, 0.5) is 0 Å². The Balaban J connectivity index is 2.05. The third-order valence-corrected chi connectivity index (χ3v) is 3.84. The lowest BCUT2D eigenvalue weighted by Gasteiger charge is -2.14. The molecule has 0 bridgehead atoms. The number of carbonyl (C=O) groups is 1. The van der Waals surface area contributed by atoms with Gasteiger partial charge in [0.25, 0.3) is 0 Å². The summed E-state index contributed by atoms with van der Waals surface area (Å²) in [5, 5.41) is 0.599. The minimum atomic E-state index is 0.240. The molecule has 2 rings (SSSR count). The highest BCUT2D eigenvalue weighted by molar-refractivity contribution is 6.31. The molecule has 1 fully saturated rings. The van der Waals surface area contributed by atoms with Gasteiger partial charge in [0.05, 0.1) is 5.02 Å². The van der Waals surface area contributed by atoms with Crippen LogP contribution < -0.4 is 0 Å². The lowest BCUT2D eigenvalue weighted by atomic mass is 9.90. The van der Waals surface area contributed by atoms with Crippen molar-refractivity contribution in [3.05, 3.63) is 29.0 Å². The second kappa shape index (κ2) is 4.96. The highest BCUT2D eigenvalue weighted by atomic mass is 35.5. The van der Waals surface area contributed by atoms with Crippen LogP contribution in [0.15, 0.2) is 18.5 Å². The summed E-state index contributed by atoms with van der Waals surface area (Å²) in [5.74, 6) is 1.11. The lowest BCUT2D eigenvalue weighted by Crippen LogP contribution is -2.19. The fourth-order valence-corrected chi connectivity index (χ4v) is 2.68. The van der Waals surface area contributed by atoms with Crippen molar-refractivity contribution in [1.29, 1.82) is 0 Å². The first-order chi connectivity index (χ1) is 7.68. The molecule has 0 spiro atoms. The Kier molecular flexibility index (Phi) is 3.59. The highest BCUT2D eigenvalue weighted by Crippen LogP contribution is 2.32. The Bertz CT molecular complexity index is 391. The van der Waals surface area contributed by atoms with Crippen LogP contribution in [0.1, 0.15) is 31.7 Å². The number of carbonyl (C=O) groups excluding carboxylic acids is 1. The van der Waals surface area contributed by atoms with Crippen molar-refractivity contribution in [3.63, 3.8) is 0 Å². The molecule has 2 nitrogen and oxygen atoms in total. The Labute approximate surface area is 101 Å². The average Bonchev–Trinajstić information content (AvgIpc) is 2.68. The first-order valence-electron chi connectivity index (χ1n) is 5.79. The van der Waals surface area contributed by atoms with Crippen LogP contribution in [0.5, 0.6) is 0 Å². The number of hydrogen-bond donors (Lipinski definition) is 0. The molecule has 1 saturated carbocycles. The Morgan fingerprint density at radius 1 is 1.56 bits per heavy atom.